The number of benzene rings is 1. The number of aromatic nitrogens is 2. The summed E-state index contributed by atoms with van der Waals surface area (Å²) in [5, 5.41) is 8.39. The van der Waals surface area contributed by atoms with E-state index in [1.807, 2.05) is 31.2 Å². The monoisotopic (exact) mass is 278 g/mol. The average Bonchev–Trinajstić information content (AvgIpc) is 2.87. The molecular weight excluding hydrogens is 264 g/mol. The third-order valence-corrected chi connectivity index (χ3v) is 3.25. The Morgan fingerprint density at radius 1 is 1.42 bits per heavy atom. The van der Waals surface area contributed by atoms with Crippen molar-refractivity contribution in [2.75, 3.05) is 12.9 Å². The highest BCUT2D eigenvalue weighted by molar-refractivity contribution is 7.99. The van der Waals surface area contributed by atoms with Gasteiger partial charge in [-0.25, -0.2) is 0 Å². The average molecular weight is 278 g/mol. The molecule has 0 aliphatic heterocycles. The number of carbonyl (C=O) groups is 1. The van der Waals surface area contributed by atoms with Gasteiger partial charge in [0.2, 0.25) is 5.89 Å². The van der Waals surface area contributed by atoms with Crippen molar-refractivity contribution >= 4 is 17.7 Å². The van der Waals surface area contributed by atoms with Crippen LogP contribution in [0, 0.1) is 6.92 Å². The maximum Gasteiger partial charge on any atom is 0.306 e. The van der Waals surface area contributed by atoms with Crippen LogP contribution in [-0.2, 0) is 9.53 Å². The summed E-state index contributed by atoms with van der Waals surface area (Å²) >= 11 is 1.34. The molecule has 0 bridgehead atoms. The van der Waals surface area contributed by atoms with Gasteiger partial charge < -0.3 is 9.15 Å². The maximum atomic E-state index is 11.0. The number of nitrogens with zero attached hydrogens (tertiary/aromatic N) is 2. The first-order valence-electron chi connectivity index (χ1n) is 5.79. The quantitative estimate of drug-likeness (QED) is 0.619. The van der Waals surface area contributed by atoms with Gasteiger partial charge >= 0.3 is 5.97 Å². The van der Waals surface area contributed by atoms with Gasteiger partial charge in [0.1, 0.15) is 0 Å². The van der Waals surface area contributed by atoms with Crippen molar-refractivity contribution in [2.24, 2.45) is 0 Å². The van der Waals surface area contributed by atoms with Crippen LogP contribution >= 0.6 is 11.8 Å². The Bertz CT molecular complexity index is 569. The highest BCUT2D eigenvalue weighted by atomic mass is 32.2. The van der Waals surface area contributed by atoms with Crippen LogP contribution in [0.4, 0.5) is 0 Å². The molecule has 0 spiro atoms. The summed E-state index contributed by atoms with van der Waals surface area (Å²) in [4.78, 5) is 11.0. The fraction of sp³-hybridized carbons (Fsp3) is 0.308. The van der Waals surface area contributed by atoms with Crippen LogP contribution in [0.25, 0.3) is 11.5 Å². The van der Waals surface area contributed by atoms with E-state index in [0.29, 0.717) is 23.3 Å². The summed E-state index contributed by atoms with van der Waals surface area (Å²) in [5.41, 5.74) is 2.03. The molecule has 1 aromatic heterocycles. The first-order chi connectivity index (χ1) is 9.19. The number of aryl methyl sites for hydroxylation is 1. The zero-order valence-electron chi connectivity index (χ0n) is 10.8. The molecule has 0 N–H and O–H groups in total. The summed E-state index contributed by atoms with van der Waals surface area (Å²) < 4.78 is 10.1. The Hall–Kier alpha value is -1.82. The lowest BCUT2D eigenvalue weighted by atomic mass is 10.1. The fourth-order valence-electron chi connectivity index (χ4n) is 1.49. The molecule has 2 rings (SSSR count). The molecular formula is C13H14N2O3S. The molecule has 2 aromatic rings. The van der Waals surface area contributed by atoms with E-state index in [9.17, 15) is 4.79 Å². The van der Waals surface area contributed by atoms with Crippen LogP contribution in [0.1, 0.15) is 12.0 Å². The van der Waals surface area contributed by atoms with Gasteiger partial charge in [0.25, 0.3) is 5.22 Å². The number of carbonyl (C=O) groups excluding carboxylic acids is 1. The van der Waals surface area contributed by atoms with Crippen LogP contribution in [0.3, 0.4) is 0 Å². The van der Waals surface area contributed by atoms with Crippen molar-refractivity contribution in [2.45, 2.75) is 18.6 Å². The fourth-order valence-corrected chi connectivity index (χ4v) is 2.17. The van der Waals surface area contributed by atoms with E-state index in [1.54, 1.807) is 0 Å². The van der Waals surface area contributed by atoms with Gasteiger partial charge in [0.15, 0.2) is 0 Å². The summed E-state index contributed by atoms with van der Waals surface area (Å²) in [6, 6.07) is 7.85. The summed E-state index contributed by atoms with van der Waals surface area (Å²) in [6.45, 7) is 2.01. The molecule has 0 aliphatic carbocycles. The minimum atomic E-state index is -0.245. The molecule has 1 heterocycles. The second kappa shape index (κ2) is 6.38. The molecule has 19 heavy (non-hydrogen) atoms. The van der Waals surface area contributed by atoms with Crippen LogP contribution in [0.2, 0.25) is 0 Å². The second-order valence-electron chi connectivity index (χ2n) is 3.92. The lowest BCUT2D eigenvalue weighted by Gasteiger charge is -1.97. The van der Waals surface area contributed by atoms with Crippen LogP contribution in [0.5, 0.6) is 0 Å². The first kappa shape index (κ1) is 13.6. The van der Waals surface area contributed by atoms with E-state index >= 15 is 0 Å². The van der Waals surface area contributed by atoms with Gasteiger partial charge in [-0.05, 0) is 19.1 Å². The van der Waals surface area contributed by atoms with E-state index in [2.05, 4.69) is 14.9 Å². The van der Waals surface area contributed by atoms with Gasteiger partial charge in [-0.1, -0.05) is 29.5 Å². The van der Waals surface area contributed by atoms with Gasteiger partial charge in [-0.15, -0.1) is 10.2 Å². The second-order valence-corrected chi connectivity index (χ2v) is 4.96. The van der Waals surface area contributed by atoms with Crippen molar-refractivity contribution < 1.29 is 13.9 Å². The number of hydrogen-bond acceptors (Lipinski definition) is 6. The molecule has 0 saturated heterocycles. The topological polar surface area (TPSA) is 65.2 Å². The molecule has 0 fully saturated rings. The minimum Gasteiger partial charge on any atom is -0.469 e. The number of hydrogen-bond donors (Lipinski definition) is 0. The molecule has 100 valence electrons. The maximum absolute atomic E-state index is 11.0. The van der Waals surface area contributed by atoms with Crippen molar-refractivity contribution in [3.8, 4) is 11.5 Å². The first-order valence-corrected chi connectivity index (χ1v) is 6.78. The molecule has 0 saturated carbocycles. The Morgan fingerprint density at radius 3 is 3.00 bits per heavy atom. The summed E-state index contributed by atoms with van der Waals surface area (Å²) in [5.74, 6) is 0.803. The largest absolute Gasteiger partial charge is 0.469 e. The van der Waals surface area contributed by atoms with E-state index < -0.39 is 0 Å². The lowest BCUT2D eigenvalue weighted by molar-refractivity contribution is -0.140. The molecule has 0 radical (unpaired) electrons. The molecule has 0 atom stereocenters. The van der Waals surface area contributed by atoms with Gasteiger partial charge in [0.05, 0.1) is 13.5 Å². The highest BCUT2D eigenvalue weighted by Gasteiger charge is 2.10. The Kier molecular flexibility index (Phi) is 4.57. The number of rotatable bonds is 5. The van der Waals surface area contributed by atoms with Crippen molar-refractivity contribution in [3.63, 3.8) is 0 Å². The van der Waals surface area contributed by atoms with Crippen LogP contribution in [-0.4, -0.2) is 29.0 Å². The number of ether oxygens (including phenoxy) is 1. The highest BCUT2D eigenvalue weighted by Crippen LogP contribution is 2.24. The van der Waals surface area contributed by atoms with Crippen LogP contribution in [0.15, 0.2) is 33.9 Å². The van der Waals surface area contributed by atoms with E-state index in [1.165, 1.54) is 18.9 Å². The Balaban J connectivity index is 1.97. The van der Waals surface area contributed by atoms with Crippen molar-refractivity contribution in [3.05, 3.63) is 29.8 Å². The summed E-state index contributed by atoms with van der Waals surface area (Å²) in [7, 11) is 1.37. The minimum absolute atomic E-state index is 0.245. The Labute approximate surface area is 115 Å². The third kappa shape index (κ3) is 3.82. The van der Waals surface area contributed by atoms with E-state index in [-0.39, 0.29) is 5.97 Å². The molecule has 0 amide bonds. The SMILES string of the molecule is COC(=O)CCSc1nnc(-c2cccc(C)c2)o1. The lowest BCUT2D eigenvalue weighted by Crippen LogP contribution is -2.00. The zero-order chi connectivity index (χ0) is 13.7. The van der Waals surface area contributed by atoms with Crippen LogP contribution < -0.4 is 0 Å². The number of methoxy groups -OCH3 is 1. The summed E-state index contributed by atoms with van der Waals surface area (Å²) in [6.07, 6.45) is 0.323. The molecule has 5 nitrogen and oxygen atoms in total. The van der Waals surface area contributed by atoms with E-state index in [0.717, 1.165) is 11.1 Å². The number of thioether (sulfide) groups is 1. The smallest absolute Gasteiger partial charge is 0.306 e. The normalized spacial score (nSPS) is 10.4. The predicted octanol–water partition coefficient (Wildman–Crippen LogP) is 2.70. The molecule has 6 heteroatoms. The zero-order valence-corrected chi connectivity index (χ0v) is 11.6. The molecule has 0 aliphatic rings. The van der Waals surface area contributed by atoms with Gasteiger partial charge in [-0.3, -0.25) is 4.79 Å². The Morgan fingerprint density at radius 2 is 2.26 bits per heavy atom. The van der Waals surface area contributed by atoms with Gasteiger partial charge in [0, 0.05) is 11.3 Å². The number of esters is 1. The predicted molar refractivity (Wildman–Crippen MR) is 71.8 cm³/mol. The van der Waals surface area contributed by atoms with Crippen molar-refractivity contribution in [1.82, 2.24) is 10.2 Å². The van der Waals surface area contributed by atoms with Crippen molar-refractivity contribution in [1.29, 1.82) is 0 Å². The van der Waals surface area contributed by atoms with E-state index in [4.69, 9.17) is 4.42 Å². The molecule has 1 aromatic carbocycles. The third-order valence-electron chi connectivity index (χ3n) is 2.43. The molecule has 0 unspecified atom stereocenters. The standard InChI is InChI=1S/C13H14N2O3S/c1-9-4-3-5-10(8-9)12-14-15-13(18-12)19-7-6-11(16)17-2/h3-5,8H,6-7H2,1-2H3. The van der Waals surface area contributed by atoms with Gasteiger partial charge in [-0.2, -0.15) is 0 Å².